The van der Waals surface area contributed by atoms with Crippen LogP contribution in [0, 0.1) is 0 Å². The summed E-state index contributed by atoms with van der Waals surface area (Å²) in [5, 5.41) is 0. The summed E-state index contributed by atoms with van der Waals surface area (Å²) in [4.78, 5) is 0. The first-order valence-corrected chi connectivity index (χ1v) is 0. The van der Waals surface area contributed by atoms with Gasteiger partial charge in [0.05, 0.1) is 0 Å². The predicted octanol–water partition coefficient (Wildman–Crippen LogP) is -1.46. The van der Waals surface area contributed by atoms with E-state index in [4.69, 9.17) is 0 Å². The molecule has 0 aliphatic carbocycles. The third kappa shape index (κ3) is 8.85. The normalized spacial score (nSPS) is 0. The molecule has 0 spiro atoms. The Morgan fingerprint density at radius 1 is 1.00 bits per heavy atom. The minimum absolute atomic E-state index is 0. The van der Waals surface area contributed by atoms with Crippen molar-refractivity contribution in [2.75, 3.05) is 0 Å². The molecule has 0 amide bonds. The van der Waals surface area contributed by atoms with Crippen molar-refractivity contribution in [2.45, 2.75) is 0 Å². The van der Waals surface area contributed by atoms with Crippen LogP contribution in [-0.4, -0.2) is 23.9 Å². The van der Waals surface area contributed by atoms with Gasteiger partial charge < -0.3 is 0 Å². The second-order valence-electron chi connectivity index (χ2n) is 0. The summed E-state index contributed by atoms with van der Waals surface area (Å²) in [6.07, 6.45) is 0. The van der Waals surface area contributed by atoms with Crippen LogP contribution in [0.2, 0.25) is 0 Å². The molecule has 0 fully saturated rings. The molecule has 0 aromatic heterocycles. The molecule has 0 heterocycles. The Kier molecular flexibility index (Phi) is 122. The Balaban J connectivity index is 0. The zero-order chi connectivity index (χ0) is 0. The van der Waals surface area contributed by atoms with Crippen molar-refractivity contribution in [3.63, 3.8) is 0 Å². The van der Waals surface area contributed by atoms with Crippen molar-refractivity contribution in [2.24, 2.45) is 0 Å². The summed E-state index contributed by atoms with van der Waals surface area (Å²) in [7, 11) is 0. The first kappa shape index (κ1) is 28.8. The van der Waals surface area contributed by atoms with Gasteiger partial charge in [0.25, 0.3) is 0 Å². The molecule has 0 rings (SSSR count). The average molecular weight is 472 g/mol. The van der Waals surface area contributed by atoms with E-state index in [9.17, 15) is 0 Å². The van der Waals surface area contributed by atoms with Crippen molar-refractivity contribution >= 4 is 23.9 Å². The van der Waals surface area contributed by atoms with Crippen LogP contribution < -0.4 is 0 Å². The molecule has 0 aromatic carbocycles. The standard InChI is InChI=1S/Pd.Pt.Sn.Ti.4H. The largest absolute Gasteiger partial charge is 0 e. The molecule has 4 heavy (non-hydrogen) atoms. The second-order valence-corrected chi connectivity index (χ2v) is 0. The van der Waals surface area contributed by atoms with Crippen LogP contribution in [0.5, 0.6) is 0 Å². The molecule has 0 N–H and O–H groups in total. The smallest absolute Gasteiger partial charge is 0 e. The van der Waals surface area contributed by atoms with E-state index in [-0.39, 0.29) is 87.1 Å². The van der Waals surface area contributed by atoms with Crippen molar-refractivity contribution in [1.82, 2.24) is 0 Å². The van der Waals surface area contributed by atoms with Crippen LogP contribution >= 0.6 is 0 Å². The monoisotopic (exact) mass is 473 g/mol. The molecule has 32 valence electrons. The molecule has 0 aliphatic rings. The molecule has 0 bridgehead atoms. The third-order valence-corrected chi connectivity index (χ3v) is 0. The predicted molar refractivity (Wildman–Crippen MR) is 11.3 cm³/mol. The fourth-order valence-corrected chi connectivity index (χ4v) is 0. The van der Waals surface area contributed by atoms with Gasteiger partial charge in [-0.15, -0.1) is 0 Å². The van der Waals surface area contributed by atoms with Gasteiger partial charge in [-0.1, -0.05) is 0 Å². The number of hydrogen-bond donors (Lipinski definition) is 0. The number of hydrogen-bond acceptors (Lipinski definition) is 0. The van der Waals surface area contributed by atoms with E-state index < -0.39 is 0 Å². The SMILES string of the molecule is [Pd].[Pt].[SnH4].[Ti]. The summed E-state index contributed by atoms with van der Waals surface area (Å²) in [5.74, 6) is 0. The minimum atomic E-state index is 0. The second kappa shape index (κ2) is 16.9. The Morgan fingerprint density at radius 2 is 1.00 bits per heavy atom. The van der Waals surface area contributed by atoms with Crippen molar-refractivity contribution in [3.05, 3.63) is 0 Å². The summed E-state index contributed by atoms with van der Waals surface area (Å²) >= 11 is 0. The van der Waals surface area contributed by atoms with Crippen LogP contribution in [0.4, 0.5) is 0 Å². The fourth-order valence-electron chi connectivity index (χ4n) is 0. The Hall–Kier alpha value is 2.86. The van der Waals surface area contributed by atoms with Gasteiger partial charge in [-0.2, -0.15) is 0 Å². The van der Waals surface area contributed by atoms with Crippen LogP contribution in [0.25, 0.3) is 0 Å². The van der Waals surface area contributed by atoms with Gasteiger partial charge in [-0.25, -0.2) is 0 Å². The van der Waals surface area contributed by atoms with Crippen molar-refractivity contribution in [3.8, 4) is 0 Å². The molecular formula is H4PdPtSnTi. The molecule has 0 aliphatic heterocycles. The van der Waals surface area contributed by atoms with Gasteiger partial charge in [0.1, 0.15) is 0 Å². The van der Waals surface area contributed by atoms with E-state index in [0.717, 1.165) is 0 Å². The van der Waals surface area contributed by atoms with Gasteiger partial charge >= 0.3 is 23.9 Å². The summed E-state index contributed by atoms with van der Waals surface area (Å²) < 4.78 is 0. The van der Waals surface area contributed by atoms with Gasteiger partial charge in [0, 0.05) is 63.2 Å². The summed E-state index contributed by atoms with van der Waals surface area (Å²) in [6.45, 7) is 0. The Labute approximate surface area is 85.6 Å². The Morgan fingerprint density at radius 3 is 1.00 bits per heavy atom. The zero-order valence-corrected chi connectivity index (χ0v) is 6.52. The van der Waals surface area contributed by atoms with Gasteiger partial charge in [0.15, 0.2) is 0 Å². The fraction of sp³-hybridized carbons (Fsp3) is 0. The Bertz CT molecular complexity index is 8.00. The molecule has 0 unspecified atom stereocenters. The topological polar surface area (TPSA) is 0 Å². The van der Waals surface area contributed by atoms with Crippen molar-refractivity contribution < 1.29 is 63.2 Å². The van der Waals surface area contributed by atoms with E-state index in [0.29, 0.717) is 0 Å². The van der Waals surface area contributed by atoms with Crippen LogP contribution in [0.1, 0.15) is 0 Å². The van der Waals surface area contributed by atoms with Crippen LogP contribution in [0.15, 0.2) is 0 Å². The quantitative estimate of drug-likeness (QED) is 0.379. The molecule has 0 nitrogen and oxygen atoms in total. The molecular weight excluding hydrogens is 468 g/mol. The van der Waals surface area contributed by atoms with E-state index >= 15 is 0 Å². The van der Waals surface area contributed by atoms with Gasteiger partial charge in [-0.3, -0.25) is 0 Å². The first-order valence-electron chi connectivity index (χ1n) is 0. The van der Waals surface area contributed by atoms with E-state index in [2.05, 4.69) is 0 Å². The van der Waals surface area contributed by atoms with E-state index in [1.807, 2.05) is 0 Å². The number of rotatable bonds is 0. The van der Waals surface area contributed by atoms with Crippen molar-refractivity contribution in [1.29, 1.82) is 0 Å². The van der Waals surface area contributed by atoms with Crippen LogP contribution in [-0.2, 0) is 63.2 Å². The summed E-state index contributed by atoms with van der Waals surface area (Å²) in [5.41, 5.74) is 0. The molecule has 0 saturated heterocycles. The molecule has 0 radical (unpaired) electrons. The zero-order valence-electron chi connectivity index (χ0n) is 1.13. The first-order chi connectivity index (χ1) is 0. The average Bonchev–Trinajstić information content (AvgIpc) is 0. The van der Waals surface area contributed by atoms with E-state index in [1.165, 1.54) is 0 Å². The molecule has 0 atom stereocenters. The maximum absolute atomic E-state index is 0. The maximum atomic E-state index is 0. The minimum Gasteiger partial charge on any atom is 0 e. The molecule has 4 heteroatoms. The molecule has 0 aromatic rings. The maximum Gasteiger partial charge on any atom is 0 e. The van der Waals surface area contributed by atoms with Crippen LogP contribution in [0.3, 0.4) is 0 Å². The van der Waals surface area contributed by atoms with E-state index in [1.54, 1.807) is 0 Å². The van der Waals surface area contributed by atoms with Gasteiger partial charge in [-0.05, 0) is 0 Å². The molecule has 0 saturated carbocycles. The summed E-state index contributed by atoms with van der Waals surface area (Å²) in [6, 6.07) is 0. The third-order valence-electron chi connectivity index (χ3n) is 0. The van der Waals surface area contributed by atoms with Gasteiger partial charge in [0.2, 0.25) is 0 Å².